The molecule has 0 unspecified atom stereocenters. The molecule has 1 aromatic heterocycles. The predicted molar refractivity (Wildman–Crippen MR) is 276 cm³/mol. The number of benzene rings is 10. The molecule has 0 N–H and O–H groups in total. The van der Waals surface area contributed by atoms with Crippen LogP contribution in [0.25, 0.3) is 78.7 Å². The van der Waals surface area contributed by atoms with Crippen LogP contribution in [-0.4, -0.2) is 15.0 Å². The van der Waals surface area contributed by atoms with Gasteiger partial charge in [0.2, 0.25) is 0 Å². The summed E-state index contributed by atoms with van der Waals surface area (Å²) in [4.78, 5) is 15.4. The van der Waals surface area contributed by atoms with Crippen LogP contribution in [0.3, 0.4) is 0 Å². The Morgan fingerprint density at radius 3 is 1.29 bits per heavy atom. The van der Waals surface area contributed by atoms with Gasteiger partial charge in [0.25, 0.3) is 0 Å². The summed E-state index contributed by atoms with van der Waals surface area (Å²) in [5, 5.41) is 0. The van der Waals surface area contributed by atoms with Gasteiger partial charge >= 0.3 is 0 Å². The average molecular weight is 884 g/mol. The maximum atomic E-state index is 7.06. The van der Waals surface area contributed by atoms with Gasteiger partial charge in [-0.3, -0.25) is 0 Å². The van der Waals surface area contributed by atoms with E-state index in [9.17, 15) is 0 Å². The zero-order valence-corrected chi connectivity index (χ0v) is 37.3. The lowest BCUT2D eigenvalue weighted by Crippen LogP contribution is -2.28. The second kappa shape index (κ2) is 16.6. The van der Waals surface area contributed by atoms with Crippen molar-refractivity contribution in [1.29, 1.82) is 0 Å². The van der Waals surface area contributed by atoms with Crippen LogP contribution in [0.1, 0.15) is 22.3 Å². The van der Waals surface area contributed by atoms with Crippen molar-refractivity contribution in [3.63, 3.8) is 0 Å². The third kappa shape index (κ3) is 6.82. The lowest BCUT2D eigenvalue weighted by molar-refractivity contribution is 0.361. The van der Waals surface area contributed by atoms with Crippen molar-refractivity contribution in [3.8, 4) is 102 Å². The van der Waals surface area contributed by atoms with Gasteiger partial charge in [0.1, 0.15) is 0 Å². The smallest absolute Gasteiger partial charge is 0.178 e. The molecule has 1 aliphatic carbocycles. The SMILES string of the molecule is c1ccc(-c2ccc(-c3nc(-c4ccc(-c5ccccc5)cc4)nc(-c4cccc(-c5cccc6c5Oc5ccc7c(c5O6)-c5ccccc5C7(c5ccccc5)c5ccccc5)c4)n3)cc2)cc1. The van der Waals surface area contributed by atoms with E-state index in [0.29, 0.717) is 40.5 Å². The van der Waals surface area contributed by atoms with Crippen LogP contribution >= 0.6 is 0 Å². The summed E-state index contributed by atoms with van der Waals surface area (Å²) in [5.74, 6) is 4.44. The van der Waals surface area contributed by atoms with E-state index in [0.717, 1.165) is 66.8 Å². The standard InChI is InChI=1S/C64H41N3O2/c1-5-17-42(18-6-1)44-31-35-46(36-32-44)61-65-62(47-37-33-45(34-38-47)43-19-7-2-8-20-43)67-63(66-61)49-22-15-21-48(41-49)52-28-16-30-56-59(52)68-57-40-39-55-58(60(57)69-56)53-27-13-14-29-54(53)64(55,50-23-9-3-10-24-50)51-25-11-4-12-26-51/h1-41H. The minimum absolute atomic E-state index is 0.554. The van der Waals surface area contributed by atoms with E-state index >= 15 is 0 Å². The van der Waals surface area contributed by atoms with Crippen LogP contribution in [-0.2, 0) is 5.41 Å². The first-order valence-electron chi connectivity index (χ1n) is 23.2. The van der Waals surface area contributed by atoms with E-state index in [2.05, 4.69) is 218 Å². The van der Waals surface area contributed by atoms with Crippen molar-refractivity contribution in [2.24, 2.45) is 0 Å². The van der Waals surface area contributed by atoms with E-state index < -0.39 is 5.41 Å². The fourth-order valence-electron chi connectivity index (χ4n) is 10.3. The van der Waals surface area contributed by atoms with Crippen LogP contribution in [0, 0.1) is 0 Å². The first kappa shape index (κ1) is 40.1. The van der Waals surface area contributed by atoms with Gasteiger partial charge in [0.05, 0.1) is 5.41 Å². The predicted octanol–water partition coefficient (Wildman–Crippen LogP) is 16.1. The van der Waals surface area contributed by atoms with Crippen molar-refractivity contribution in [3.05, 3.63) is 271 Å². The zero-order valence-electron chi connectivity index (χ0n) is 37.3. The molecule has 0 saturated carbocycles. The van der Waals surface area contributed by atoms with Gasteiger partial charge in [0.15, 0.2) is 40.5 Å². The Morgan fingerprint density at radius 2 is 0.696 bits per heavy atom. The summed E-state index contributed by atoms with van der Waals surface area (Å²) >= 11 is 0. The number of hydrogen-bond acceptors (Lipinski definition) is 5. The minimum atomic E-state index is -0.554. The number of fused-ring (bicyclic) bond motifs is 6. The molecule has 324 valence electrons. The highest BCUT2D eigenvalue weighted by atomic mass is 16.6. The molecule has 0 bridgehead atoms. The van der Waals surface area contributed by atoms with E-state index in [1.807, 2.05) is 30.3 Å². The Bertz CT molecular complexity index is 3550. The number of rotatable bonds is 8. The Balaban J connectivity index is 0.895. The van der Waals surface area contributed by atoms with E-state index in [1.54, 1.807) is 0 Å². The maximum Gasteiger partial charge on any atom is 0.178 e. The van der Waals surface area contributed by atoms with E-state index in [4.69, 9.17) is 24.4 Å². The van der Waals surface area contributed by atoms with Crippen LogP contribution in [0.4, 0.5) is 0 Å². The topological polar surface area (TPSA) is 57.1 Å². The normalized spacial score (nSPS) is 12.7. The summed E-state index contributed by atoms with van der Waals surface area (Å²) in [6.45, 7) is 0. The summed E-state index contributed by atoms with van der Waals surface area (Å²) in [6, 6.07) is 86.6. The quantitative estimate of drug-likeness (QED) is 0.152. The molecule has 0 radical (unpaired) electrons. The average Bonchev–Trinajstić information content (AvgIpc) is 3.75. The Morgan fingerprint density at radius 1 is 0.275 bits per heavy atom. The molecule has 13 rings (SSSR count). The fourth-order valence-corrected chi connectivity index (χ4v) is 10.3. The van der Waals surface area contributed by atoms with Gasteiger partial charge in [-0.15, -0.1) is 0 Å². The molecular formula is C64H41N3O2. The molecule has 0 atom stereocenters. The van der Waals surface area contributed by atoms with Gasteiger partial charge < -0.3 is 9.47 Å². The molecule has 2 aliphatic rings. The van der Waals surface area contributed by atoms with Gasteiger partial charge in [-0.1, -0.05) is 231 Å². The van der Waals surface area contributed by atoms with E-state index in [-0.39, 0.29) is 0 Å². The van der Waals surface area contributed by atoms with Crippen LogP contribution in [0.15, 0.2) is 249 Å². The second-order valence-electron chi connectivity index (χ2n) is 17.5. The van der Waals surface area contributed by atoms with Gasteiger partial charge in [0, 0.05) is 27.8 Å². The molecule has 5 heteroatoms. The first-order chi connectivity index (χ1) is 34.2. The van der Waals surface area contributed by atoms with Gasteiger partial charge in [-0.05, 0) is 73.8 Å². The molecular weight excluding hydrogens is 843 g/mol. The second-order valence-corrected chi connectivity index (χ2v) is 17.5. The van der Waals surface area contributed by atoms with Gasteiger partial charge in [-0.2, -0.15) is 0 Å². The lowest BCUT2D eigenvalue weighted by atomic mass is 9.68. The van der Waals surface area contributed by atoms with Crippen molar-refractivity contribution in [2.45, 2.75) is 5.41 Å². The Labute approximate surface area is 400 Å². The van der Waals surface area contributed by atoms with Crippen molar-refractivity contribution in [1.82, 2.24) is 15.0 Å². The highest BCUT2D eigenvalue weighted by Gasteiger charge is 2.48. The van der Waals surface area contributed by atoms with Crippen LogP contribution in [0.2, 0.25) is 0 Å². The first-order valence-corrected chi connectivity index (χ1v) is 23.2. The lowest BCUT2D eigenvalue weighted by Gasteiger charge is -2.34. The summed E-state index contributed by atoms with van der Waals surface area (Å²) in [7, 11) is 0. The molecule has 0 fully saturated rings. The molecule has 0 amide bonds. The number of nitrogens with zero attached hydrogens (tertiary/aromatic N) is 3. The number of aromatic nitrogens is 3. The van der Waals surface area contributed by atoms with Crippen molar-refractivity contribution < 1.29 is 9.47 Å². The van der Waals surface area contributed by atoms with Crippen LogP contribution in [0.5, 0.6) is 23.0 Å². The highest BCUT2D eigenvalue weighted by Crippen LogP contribution is 2.62. The number of hydrogen-bond donors (Lipinski definition) is 0. The fraction of sp³-hybridized carbons (Fsp3) is 0.0156. The molecule has 1 aliphatic heterocycles. The Hall–Kier alpha value is -9.19. The molecule has 2 heterocycles. The molecule has 0 saturated heterocycles. The third-order valence-electron chi connectivity index (χ3n) is 13.5. The molecule has 5 nitrogen and oxygen atoms in total. The summed E-state index contributed by atoms with van der Waals surface area (Å²) in [6.07, 6.45) is 0. The zero-order chi connectivity index (χ0) is 45.7. The third-order valence-corrected chi connectivity index (χ3v) is 13.5. The van der Waals surface area contributed by atoms with Crippen LogP contribution < -0.4 is 9.47 Å². The monoisotopic (exact) mass is 883 g/mol. The summed E-state index contributed by atoms with van der Waals surface area (Å²) < 4.78 is 14.1. The molecule has 0 spiro atoms. The van der Waals surface area contributed by atoms with Gasteiger partial charge in [-0.25, -0.2) is 15.0 Å². The summed E-state index contributed by atoms with van der Waals surface area (Å²) in [5.41, 5.74) is 15.4. The maximum absolute atomic E-state index is 7.06. The molecule has 11 aromatic rings. The van der Waals surface area contributed by atoms with E-state index in [1.165, 1.54) is 16.7 Å². The van der Waals surface area contributed by atoms with Crippen molar-refractivity contribution in [2.75, 3.05) is 0 Å². The molecule has 10 aromatic carbocycles. The Kier molecular flexibility index (Phi) is 9.65. The highest BCUT2D eigenvalue weighted by molar-refractivity contribution is 5.92. The number of para-hydroxylation sites is 1. The minimum Gasteiger partial charge on any atom is -0.449 e. The number of ether oxygens (including phenoxy) is 2. The molecule has 69 heavy (non-hydrogen) atoms. The largest absolute Gasteiger partial charge is 0.449 e. The van der Waals surface area contributed by atoms with Crippen molar-refractivity contribution >= 4 is 0 Å².